The predicted octanol–water partition coefficient (Wildman–Crippen LogP) is 4.21. The largest absolute Gasteiger partial charge is 0.497 e. The van der Waals surface area contributed by atoms with Gasteiger partial charge in [0.25, 0.3) is 5.69 Å². The van der Waals surface area contributed by atoms with Crippen LogP contribution in [0.3, 0.4) is 0 Å². The average Bonchev–Trinajstić information content (AvgIpc) is 3.02. The second kappa shape index (κ2) is 9.43. The highest BCUT2D eigenvalue weighted by molar-refractivity contribution is 9.10. The molecule has 0 fully saturated rings. The molecule has 3 rings (SSSR count). The molecule has 0 spiro atoms. The van der Waals surface area contributed by atoms with E-state index in [2.05, 4.69) is 26.3 Å². The molecule has 12 nitrogen and oxygen atoms in total. The fraction of sp³-hybridized carbons (Fsp3) is 0.158. The van der Waals surface area contributed by atoms with Crippen LogP contribution in [0, 0.1) is 27.2 Å². The molecular weight excluding hydrogens is 490 g/mol. The topological polar surface area (TPSA) is 152 Å². The molecule has 0 radical (unpaired) electrons. The molecule has 1 N–H and O–H groups in total. The van der Waals surface area contributed by atoms with Gasteiger partial charge < -0.3 is 24.9 Å². The Balaban J connectivity index is 1.80. The molecule has 1 heterocycles. The zero-order valence-corrected chi connectivity index (χ0v) is 18.4. The van der Waals surface area contributed by atoms with E-state index in [4.69, 9.17) is 9.47 Å². The van der Waals surface area contributed by atoms with Gasteiger partial charge in [-0.2, -0.15) is 4.68 Å². The minimum atomic E-state index is -0.672. The molecule has 1 amide bonds. The fourth-order valence-electron chi connectivity index (χ4n) is 2.72. The zero-order valence-electron chi connectivity index (χ0n) is 16.8. The number of nitro groups is 2. The smallest absolute Gasteiger partial charge is 0.404 e. The van der Waals surface area contributed by atoms with Gasteiger partial charge >= 0.3 is 5.82 Å². The maximum Gasteiger partial charge on any atom is 0.404 e. The highest BCUT2D eigenvalue weighted by atomic mass is 79.9. The van der Waals surface area contributed by atoms with Crippen molar-refractivity contribution in [2.75, 3.05) is 12.4 Å². The molecule has 2 aromatic carbocycles. The lowest BCUT2D eigenvalue weighted by molar-refractivity contribution is -0.390. The van der Waals surface area contributed by atoms with Crippen LogP contribution in [0.15, 0.2) is 46.9 Å². The fourth-order valence-corrected chi connectivity index (χ4v) is 3.14. The number of carbonyl (C=O) groups excluding carboxylic acids is 1. The highest BCUT2D eigenvalue weighted by Crippen LogP contribution is 2.31. The summed E-state index contributed by atoms with van der Waals surface area (Å²) in [6.45, 7) is 1.22. The number of benzene rings is 2. The van der Waals surface area contributed by atoms with E-state index >= 15 is 0 Å². The predicted molar refractivity (Wildman–Crippen MR) is 116 cm³/mol. The van der Waals surface area contributed by atoms with E-state index in [1.165, 1.54) is 25.3 Å². The van der Waals surface area contributed by atoms with Gasteiger partial charge in [-0.3, -0.25) is 14.9 Å². The third-order valence-electron chi connectivity index (χ3n) is 4.26. The summed E-state index contributed by atoms with van der Waals surface area (Å²) in [6, 6.07) is 10.4. The summed E-state index contributed by atoms with van der Waals surface area (Å²) in [7, 11) is 1.52. The summed E-state index contributed by atoms with van der Waals surface area (Å²) >= 11 is 3.08. The number of nitro benzene ring substituents is 1. The third-order valence-corrected chi connectivity index (χ3v) is 5.19. The van der Waals surface area contributed by atoms with Gasteiger partial charge in [-0.15, -0.1) is 0 Å². The molecular formula is C19H16BrN5O7. The van der Waals surface area contributed by atoms with Crippen molar-refractivity contribution in [3.63, 3.8) is 0 Å². The van der Waals surface area contributed by atoms with Gasteiger partial charge in [-0.05, 0) is 52.0 Å². The van der Waals surface area contributed by atoms with Crippen LogP contribution in [0.25, 0.3) is 0 Å². The van der Waals surface area contributed by atoms with Crippen molar-refractivity contribution in [2.24, 2.45) is 0 Å². The lowest BCUT2D eigenvalue weighted by Gasteiger charge is -2.10. The molecule has 3 aromatic rings. The van der Waals surface area contributed by atoms with Gasteiger partial charge in [0, 0.05) is 12.1 Å². The van der Waals surface area contributed by atoms with Crippen LogP contribution in [0.1, 0.15) is 5.69 Å². The van der Waals surface area contributed by atoms with Crippen molar-refractivity contribution in [2.45, 2.75) is 13.5 Å². The molecule has 0 unspecified atom stereocenters. The first kappa shape index (κ1) is 22.7. The van der Waals surface area contributed by atoms with E-state index in [-0.39, 0.29) is 28.1 Å². The van der Waals surface area contributed by atoms with E-state index in [1.54, 1.807) is 31.2 Å². The zero-order chi connectivity index (χ0) is 23.4. The molecule has 0 bridgehead atoms. The molecule has 13 heteroatoms. The number of non-ortho nitro benzene ring substituents is 1. The van der Waals surface area contributed by atoms with Crippen LogP contribution in [0.4, 0.5) is 17.2 Å². The maximum atomic E-state index is 12.5. The lowest BCUT2D eigenvalue weighted by Crippen LogP contribution is -2.20. The summed E-state index contributed by atoms with van der Waals surface area (Å²) in [5.41, 5.74) is 0.209. The Morgan fingerprint density at radius 1 is 1.09 bits per heavy atom. The number of aromatic nitrogens is 2. The number of methoxy groups -OCH3 is 1. The standard InChI is InChI=1S/C19H16BrN5O7/c1-11-18(20)19(25(29)30)22-23(11)10-17(26)21-12-7-13(24(27)28)9-16(8-12)32-15-5-3-14(31-2)4-6-15/h3-9H,10H2,1-2H3,(H,21,26). The Hall–Kier alpha value is -4.00. The molecule has 0 saturated carbocycles. The number of nitrogens with one attached hydrogen (secondary N) is 1. The number of anilines is 1. The summed E-state index contributed by atoms with van der Waals surface area (Å²) in [5.74, 6) is 0.154. The van der Waals surface area contributed by atoms with Crippen molar-refractivity contribution in [3.05, 3.63) is 72.9 Å². The average molecular weight is 506 g/mol. The number of carbonyl (C=O) groups is 1. The minimum Gasteiger partial charge on any atom is -0.497 e. The maximum absolute atomic E-state index is 12.5. The summed E-state index contributed by atoms with van der Waals surface area (Å²) in [6.07, 6.45) is 0. The quantitative estimate of drug-likeness (QED) is 0.352. The van der Waals surface area contributed by atoms with Crippen LogP contribution in [-0.2, 0) is 11.3 Å². The Morgan fingerprint density at radius 3 is 2.31 bits per heavy atom. The van der Waals surface area contributed by atoms with Crippen LogP contribution in [-0.4, -0.2) is 32.6 Å². The van der Waals surface area contributed by atoms with Gasteiger partial charge in [-0.25, -0.2) is 0 Å². The van der Waals surface area contributed by atoms with Gasteiger partial charge in [0.15, 0.2) is 0 Å². The first-order valence-corrected chi connectivity index (χ1v) is 9.75. The van der Waals surface area contributed by atoms with Crippen molar-refractivity contribution in [1.29, 1.82) is 0 Å². The number of halogens is 1. The first-order chi connectivity index (χ1) is 15.2. The van der Waals surface area contributed by atoms with Crippen LogP contribution >= 0.6 is 15.9 Å². The van der Waals surface area contributed by atoms with Crippen molar-refractivity contribution in [1.82, 2.24) is 9.78 Å². The van der Waals surface area contributed by atoms with Crippen molar-refractivity contribution in [3.8, 4) is 17.2 Å². The summed E-state index contributed by atoms with van der Waals surface area (Å²) in [4.78, 5) is 33.5. The molecule has 0 aliphatic heterocycles. The van der Waals surface area contributed by atoms with Crippen LogP contribution < -0.4 is 14.8 Å². The van der Waals surface area contributed by atoms with Crippen molar-refractivity contribution < 1.29 is 24.1 Å². The number of hydrogen-bond acceptors (Lipinski definition) is 8. The molecule has 1 aromatic heterocycles. The normalized spacial score (nSPS) is 10.5. The molecule has 32 heavy (non-hydrogen) atoms. The minimum absolute atomic E-state index is 0.117. The van der Waals surface area contributed by atoms with Crippen LogP contribution in [0.2, 0.25) is 0 Å². The van der Waals surface area contributed by atoms with E-state index in [9.17, 15) is 25.0 Å². The molecule has 0 aliphatic carbocycles. The van der Waals surface area contributed by atoms with E-state index in [0.717, 1.165) is 4.68 Å². The Labute approximate surface area is 189 Å². The summed E-state index contributed by atoms with van der Waals surface area (Å²) < 4.78 is 12.1. The summed E-state index contributed by atoms with van der Waals surface area (Å²) in [5, 5.41) is 28.6. The monoisotopic (exact) mass is 505 g/mol. The second-order valence-electron chi connectivity index (χ2n) is 6.44. The van der Waals surface area contributed by atoms with Gasteiger partial charge in [0.1, 0.15) is 28.3 Å². The number of hydrogen-bond donors (Lipinski definition) is 1. The molecule has 0 aliphatic rings. The van der Waals surface area contributed by atoms with E-state index in [1.807, 2.05) is 0 Å². The van der Waals surface area contributed by atoms with E-state index in [0.29, 0.717) is 17.2 Å². The third kappa shape index (κ3) is 5.18. The van der Waals surface area contributed by atoms with Gasteiger partial charge in [-0.1, -0.05) is 0 Å². The Morgan fingerprint density at radius 2 is 1.75 bits per heavy atom. The molecule has 166 valence electrons. The number of rotatable bonds is 8. The number of ether oxygens (including phenoxy) is 2. The number of amides is 1. The molecule has 0 atom stereocenters. The van der Waals surface area contributed by atoms with Crippen molar-refractivity contribution >= 4 is 39.0 Å². The van der Waals surface area contributed by atoms with E-state index < -0.39 is 21.6 Å². The lowest BCUT2D eigenvalue weighted by atomic mass is 10.2. The Bertz CT molecular complexity index is 1190. The first-order valence-electron chi connectivity index (χ1n) is 8.96. The number of nitrogens with zero attached hydrogens (tertiary/aromatic N) is 4. The SMILES string of the molecule is COc1ccc(Oc2cc(NC(=O)Cn3nc([N+](=O)[O-])c(Br)c3C)cc([N+](=O)[O-])c2)cc1. The second-order valence-corrected chi connectivity index (χ2v) is 7.23. The molecule has 0 saturated heterocycles. The van der Waals surface area contributed by atoms with Crippen LogP contribution in [0.5, 0.6) is 17.2 Å². The van der Waals surface area contributed by atoms with Gasteiger partial charge in [0.2, 0.25) is 5.91 Å². The van der Waals surface area contributed by atoms with Gasteiger partial charge in [0.05, 0.1) is 34.6 Å². The Kier molecular flexibility index (Phi) is 6.68. The highest BCUT2D eigenvalue weighted by Gasteiger charge is 2.24.